The van der Waals surface area contributed by atoms with Crippen LogP contribution in [-0.4, -0.2) is 5.11 Å². The van der Waals surface area contributed by atoms with Crippen LogP contribution in [0.25, 0.3) is 0 Å². The number of fused-ring (bicyclic) bond motifs is 1. The molecule has 3 rings (SSSR count). The van der Waals surface area contributed by atoms with E-state index in [1.165, 1.54) is 11.6 Å². The van der Waals surface area contributed by atoms with Crippen molar-refractivity contribution in [2.24, 2.45) is 0 Å². The number of hydrogen-bond acceptors (Lipinski definition) is 1. The molecule has 1 aliphatic rings. The van der Waals surface area contributed by atoms with E-state index < -0.39 is 5.60 Å². The van der Waals surface area contributed by atoms with Gasteiger partial charge in [-0.1, -0.05) is 37.3 Å². The molecule has 0 aromatic heterocycles. The van der Waals surface area contributed by atoms with Gasteiger partial charge >= 0.3 is 0 Å². The van der Waals surface area contributed by atoms with E-state index in [0.29, 0.717) is 12.3 Å². The van der Waals surface area contributed by atoms with Gasteiger partial charge in [0.05, 0.1) is 5.60 Å². The highest BCUT2D eigenvalue weighted by atomic mass is 19.1. The zero-order valence-corrected chi connectivity index (χ0v) is 12.6. The quantitative estimate of drug-likeness (QED) is 0.863. The Balaban J connectivity index is 2.02. The van der Waals surface area contributed by atoms with E-state index in [4.69, 9.17) is 0 Å². The Morgan fingerprint density at radius 3 is 2.81 bits per heavy atom. The number of benzene rings is 2. The Bertz CT molecular complexity index is 664. The highest BCUT2D eigenvalue weighted by Crippen LogP contribution is 2.43. The highest BCUT2D eigenvalue weighted by Gasteiger charge is 2.37. The average Bonchev–Trinajstić information content (AvgIpc) is 2.48. The van der Waals surface area contributed by atoms with E-state index in [1.807, 2.05) is 25.1 Å². The monoisotopic (exact) mass is 284 g/mol. The van der Waals surface area contributed by atoms with E-state index in [1.54, 1.807) is 12.1 Å². The molecule has 0 spiro atoms. The average molecular weight is 284 g/mol. The summed E-state index contributed by atoms with van der Waals surface area (Å²) in [6.07, 6.45) is 2.16. The summed E-state index contributed by atoms with van der Waals surface area (Å²) in [5.74, 6) is 0.228. The maximum Gasteiger partial charge on any atom is 0.123 e. The van der Waals surface area contributed by atoms with Crippen LogP contribution >= 0.6 is 0 Å². The first kappa shape index (κ1) is 14.3. The number of rotatable bonds is 2. The third-order valence-electron chi connectivity index (χ3n) is 4.78. The van der Waals surface area contributed by atoms with Crippen LogP contribution in [0.2, 0.25) is 0 Å². The Morgan fingerprint density at radius 2 is 2.00 bits per heavy atom. The summed E-state index contributed by atoms with van der Waals surface area (Å²) in [6.45, 7) is 4.17. The van der Waals surface area contributed by atoms with Crippen molar-refractivity contribution in [3.05, 3.63) is 70.5 Å². The summed E-state index contributed by atoms with van der Waals surface area (Å²) >= 11 is 0. The maximum absolute atomic E-state index is 13.5. The molecule has 2 aromatic rings. The SMILES string of the molecule is Cc1ccc(F)cc1CC1(O)CCC(C)c2ccccc21. The standard InChI is InChI=1S/C19H21FO/c1-13-7-8-16(20)11-15(13)12-19(21)10-9-14(2)17-5-3-4-6-18(17)19/h3-8,11,14,21H,9-10,12H2,1-2H3. The van der Waals surface area contributed by atoms with Gasteiger partial charge in [-0.25, -0.2) is 4.39 Å². The van der Waals surface area contributed by atoms with Crippen molar-refractivity contribution in [1.29, 1.82) is 0 Å². The maximum atomic E-state index is 13.5. The minimum atomic E-state index is -0.887. The molecule has 0 saturated carbocycles. The van der Waals surface area contributed by atoms with Crippen LogP contribution in [0.3, 0.4) is 0 Å². The molecular formula is C19H21FO. The first-order chi connectivity index (χ1) is 9.99. The van der Waals surface area contributed by atoms with E-state index >= 15 is 0 Å². The van der Waals surface area contributed by atoms with Gasteiger partial charge in [-0.15, -0.1) is 0 Å². The van der Waals surface area contributed by atoms with Crippen molar-refractivity contribution in [2.45, 2.75) is 44.6 Å². The van der Waals surface area contributed by atoms with Gasteiger partial charge in [-0.3, -0.25) is 0 Å². The number of aryl methyl sites for hydroxylation is 1. The van der Waals surface area contributed by atoms with Gasteiger partial charge in [-0.2, -0.15) is 0 Å². The fourth-order valence-corrected chi connectivity index (χ4v) is 3.43. The van der Waals surface area contributed by atoms with Crippen LogP contribution in [-0.2, 0) is 12.0 Å². The first-order valence-corrected chi connectivity index (χ1v) is 7.56. The molecular weight excluding hydrogens is 263 g/mol. The predicted octanol–water partition coefficient (Wildman–Crippen LogP) is 4.46. The number of hydrogen-bond donors (Lipinski definition) is 1. The van der Waals surface area contributed by atoms with E-state index in [9.17, 15) is 9.50 Å². The molecule has 0 radical (unpaired) electrons. The van der Waals surface area contributed by atoms with Gasteiger partial charge in [0.25, 0.3) is 0 Å². The zero-order valence-electron chi connectivity index (χ0n) is 12.6. The Morgan fingerprint density at radius 1 is 1.24 bits per heavy atom. The summed E-state index contributed by atoms with van der Waals surface area (Å²) in [4.78, 5) is 0. The minimum Gasteiger partial charge on any atom is -0.385 e. The van der Waals surface area contributed by atoms with Gasteiger partial charge in [0, 0.05) is 6.42 Å². The third-order valence-corrected chi connectivity index (χ3v) is 4.78. The van der Waals surface area contributed by atoms with Crippen LogP contribution < -0.4 is 0 Å². The van der Waals surface area contributed by atoms with Gasteiger partial charge in [0.2, 0.25) is 0 Å². The summed E-state index contributed by atoms with van der Waals surface area (Å²) < 4.78 is 13.5. The molecule has 0 fully saturated rings. The molecule has 0 heterocycles. The van der Waals surface area contributed by atoms with Gasteiger partial charge in [0.1, 0.15) is 5.82 Å². The smallest absolute Gasteiger partial charge is 0.123 e. The van der Waals surface area contributed by atoms with Crippen LogP contribution in [0, 0.1) is 12.7 Å². The van der Waals surface area contributed by atoms with Crippen molar-refractivity contribution >= 4 is 0 Å². The second-order valence-electron chi connectivity index (χ2n) is 6.31. The molecule has 1 nitrogen and oxygen atoms in total. The van der Waals surface area contributed by atoms with Crippen molar-refractivity contribution in [1.82, 2.24) is 0 Å². The molecule has 2 aromatic carbocycles. The second kappa shape index (κ2) is 5.27. The molecule has 2 heteroatoms. The lowest BCUT2D eigenvalue weighted by Crippen LogP contribution is -2.34. The molecule has 0 aliphatic heterocycles. The van der Waals surface area contributed by atoms with Crippen molar-refractivity contribution in [2.75, 3.05) is 0 Å². The predicted molar refractivity (Wildman–Crippen MR) is 82.8 cm³/mol. The topological polar surface area (TPSA) is 20.2 Å². The van der Waals surface area contributed by atoms with Crippen LogP contribution in [0.4, 0.5) is 4.39 Å². The lowest BCUT2D eigenvalue weighted by molar-refractivity contribution is 0.0157. The Kier molecular flexibility index (Phi) is 3.58. The molecule has 1 aliphatic carbocycles. The van der Waals surface area contributed by atoms with Crippen LogP contribution in [0.1, 0.15) is 47.9 Å². The lowest BCUT2D eigenvalue weighted by atomic mass is 9.72. The molecule has 110 valence electrons. The fraction of sp³-hybridized carbons (Fsp3) is 0.368. The summed E-state index contributed by atoms with van der Waals surface area (Å²) in [6, 6.07) is 12.9. The molecule has 2 atom stereocenters. The normalized spacial score (nSPS) is 24.7. The third kappa shape index (κ3) is 2.60. The van der Waals surface area contributed by atoms with Gasteiger partial charge in [-0.05, 0) is 60.1 Å². The molecule has 0 saturated heterocycles. The zero-order chi connectivity index (χ0) is 15.0. The molecule has 0 amide bonds. The summed E-state index contributed by atoms with van der Waals surface area (Å²) in [7, 11) is 0. The molecule has 21 heavy (non-hydrogen) atoms. The molecule has 1 N–H and O–H groups in total. The largest absolute Gasteiger partial charge is 0.385 e. The van der Waals surface area contributed by atoms with Gasteiger partial charge in [0.15, 0.2) is 0 Å². The summed E-state index contributed by atoms with van der Waals surface area (Å²) in [5.41, 5.74) is 3.26. The Labute approximate surface area is 125 Å². The van der Waals surface area contributed by atoms with Gasteiger partial charge < -0.3 is 5.11 Å². The minimum absolute atomic E-state index is 0.239. The first-order valence-electron chi connectivity index (χ1n) is 7.56. The van der Waals surface area contributed by atoms with E-state index in [2.05, 4.69) is 13.0 Å². The highest BCUT2D eigenvalue weighted by molar-refractivity contribution is 5.39. The van der Waals surface area contributed by atoms with E-state index in [-0.39, 0.29) is 5.82 Å². The second-order valence-corrected chi connectivity index (χ2v) is 6.31. The number of halogens is 1. The lowest BCUT2D eigenvalue weighted by Gasteiger charge is -2.37. The summed E-state index contributed by atoms with van der Waals surface area (Å²) in [5, 5.41) is 11.2. The van der Waals surface area contributed by atoms with Crippen molar-refractivity contribution in [3.63, 3.8) is 0 Å². The van der Waals surface area contributed by atoms with E-state index in [0.717, 1.165) is 29.5 Å². The fourth-order valence-electron chi connectivity index (χ4n) is 3.43. The van der Waals surface area contributed by atoms with Crippen LogP contribution in [0.5, 0.6) is 0 Å². The van der Waals surface area contributed by atoms with Crippen molar-refractivity contribution in [3.8, 4) is 0 Å². The number of aliphatic hydroxyl groups is 1. The molecule has 0 bridgehead atoms. The Hall–Kier alpha value is -1.67. The van der Waals surface area contributed by atoms with Crippen LogP contribution in [0.15, 0.2) is 42.5 Å². The van der Waals surface area contributed by atoms with Crippen molar-refractivity contribution < 1.29 is 9.50 Å². The molecule has 2 unspecified atom stereocenters.